The SMILES string of the molecule is OC(Cc1c(F)cccc1Cl)c1cccc(C(F)F)c1. The van der Waals surface area contributed by atoms with Gasteiger partial charge in [-0.25, -0.2) is 13.2 Å². The molecule has 0 heterocycles. The molecule has 1 nitrogen and oxygen atoms in total. The van der Waals surface area contributed by atoms with E-state index in [9.17, 15) is 18.3 Å². The van der Waals surface area contributed by atoms with Gasteiger partial charge in [0.2, 0.25) is 0 Å². The van der Waals surface area contributed by atoms with Gasteiger partial charge in [0.1, 0.15) is 5.82 Å². The van der Waals surface area contributed by atoms with Crippen LogP contribution in [-0.4, -0.2) is 5.11 Å². The number of benzene rings is 2. The van der Waals surface area contributed by atoms with Crippen LogP contribution in [0.3, 0.4) is 0 Å². The average molecular weight is 301 g/mol. The standard InChI is InChI=1S/C15H12ClF3O/c16-12-5-2-6-13(17)11(12)8-14(20)9-3-1-4-10(7-9)15(18)19/h1-7,14-15,20H,8H2. The predicted octanol–water partition coefficient (Wildman–Crippen LogP) is 4.69. The number of halogens is 4. The average Bonchev–Trinajstić information content (AvgIpc) is 2.43. The Morgan fingerprint density at radius 1 is 1.05 bits per heavy atom. The van der Waals surface area contributed by atoms with Gasteiger partial charge in [0, 0.05) is 22.6 Å². The van der Waals surface area contributed by atoms with Crippen molar-refractivity contribution in [2.24, 2.45) is 0 Å². The van der Waals surface area contributed by atoms with Gasteiger partial charge in [-0.15, -0.1) is 0 Å². The normalized spacial score (nSPS) is 12.7. The van der Waals surface area contributed by atoms with Crippen molar-refractivity contribution in [2.75, 3.05) is 0 Å². The fourth-order valence-electron chi connectivity index (χ4n) is 1.94. The lowest BCUT2D eigenvalue weighted by Crippen LogP contribution is -2.05. The first-order chi connectivity index (χ1) is 9.49. The quantitative estimate of drug-likeness (QED) is 0.868. The Morgan fingerprint density at radius 2 is 1.70 bits per heavy atom. The molecule has 20 heavy (non-hydrogen) atoms. The van der Waals surface area contributed by atoms with Crippen molar-refractivity contribution in [3.05, 3.63) is 70.0 Å². The molecule has 106 valence electrons. The first-order valence-corrected chi connectivity index (χ1v) is 6.36. The molecule has 0 aliphatic rings. The molecule has 0 radical (unpaired) electrons. The maximum Gasteiger partial charge on any atom is 0.263 e. The summed E-state index contributed by atoms with van der Waals surface area (Å²) in [6.45, 7) is 0. The molecule has 0 amide bonds. The molecule has 1 atom stereocenters. The van der Waals surface area contributed by atoms with E-state index in [0.29, 0.717) is 5.56 Å². The molecule has 0 bridgehead atoms. The molecule has 2 aromatic rings. The Balaban J connectivity index is 2.24. The maximum absolute atomic E-state index is 13.6. The van der Waals surface area contributed by atoms with Gasteiger partial charge in [-0.2, -0.15) is 0 Å². The fourth-order valence-corrected chi connectivity index (χ4v) is 2.18. The van der Waals surface area contributed by atoms with E-state index in [2.05, 4.69) is 0 Å². The van der Waals surface area contributed by atoms with E-state index in [4.69, 9.17) is 11.6 Å². The third-order valence-electron chi connectivity index (χ3n) is 3.01. The van der Waals surface area contributed by atoms with E-state index >= 15 is 0 Å². The summed E-state index contributed by atoms with van der Waals surface area (Å²) in [6.07, 6.45) is -3.78. The monoisotopic (exact) mass is 300 g/mol. The van der Waals surface area contributed by atoms with Gasteiger partial charge in [0.15, 0.2) is 0 Å². The molecule has 0 aliphatic heterocycles. The van der Waals surface area contributed by atoms with E-state index in [1.807, 2.05) is 0 Å². The van der Waals surface area contributed by atoms with E-state index in [1.54, 1.807) is 0 Å². The van der Waals surface area contributed by atoms with Crippen molar-refractivity contribution >= 4 is 11.6 Å². The van der Waals surface area contributed by atoms with Crippen LogP contribution in [0.1, 0.15) is 29.2 Å². The summed E-state index contributed by atoms with van der Waals surface area (Å²) < 4.78 is 38.8. The van der Waals surface area contributed by atoms with Crippen LogP contribution in [0.15, 0.2) is 42.5 Å². The Bertz CT molecular complexity index is 581. The molecule has 5 heteroatoms. The lowest BCUT2D eigenvalue weighted by Gasteiger charge is -2.14. The van der Waals surface area contributed by atoms with Crippen LogP contribution in [-0.2, 0) is 6.42 Å². The number of aliphatic hydroxyl groups excluding tert-OH is 1. The third kappa shape index (κ3) is 3.32. The van der Waals surface area contributed by atoms with E-state index < -0.39 is 18.3 Å². The highest BCUT2D eigenvalue weighted by Gasteiger charge is 2.16. The Labute approximate surface area is 119 Å². The molecule has 0 spiro atoms. The molecule has 2 aromatic carbocycles. The first kappa shape index (κ1) is 14.9. The number of hydrogen-bond donors (Lipinski definition) is 1. The summed E-state index contributed by atoms with van der Waals surface area (Å²) in [5, 5.41) is 10.3. The van der Waals surface area contributed by atoms with Gasteiger partial charge in [-0.05, 0) is 23.8 Å². The van der Waals surface area contributed by atoms with Crippen molar-refractivity contribution < 1.29 is 18.3 Å². The zero-order chi connectivity index (χ0) is 14.7. The van der Waals surface area contributed by atoms with Crippen molar-refractivity contribution in [1.82, 2.24) is 0 Å². The second kappa shape index (κ2) is 6.29. The van der Waals surface area contributed by atoms with Crippen LogP contribution in [0.4, 0.5) is 13.2 Å². The largest absolute Gasteiger partial charge is 0.388 e. The first-order valence-electron chi connectivity index (χ1n) is 5.98. The lowest BCUT2D eigenvalue weighted by atomic mass is 9.99. The molecule has 1 unspecified atom stereocenters. The molecular formula is C15H12ClF3O. The minimum absolute atomic E-state index is 0.0712. The molecule has 0 aromatic heterocycles. The lowest BCUT2D eigenvalue weighted by molar-refractivity contribution is 0.149. The van der Waals surface area contributed by atoms with Crippen LogP contribution in [0.25, 0.3) is 0 Å². The molecule has 0 aliphatic carbocycles. The van der Waals surface area contributed by atoms with Crippen LogP contribution in [0.5, 0.6) is 0 Å². The number of aliphatic hydroxyl groups is 1. The van der Waals surface area contributed by atoms with Crippen LogP contribution in [0.2, 0.25) is 5.02 Å². The van der Waals surface area contributed by atoms with Gasteiger partial charge in [-0.1, -0.05) is 35.9 Å². The second-order valence-corrected chi connectivity index (χ2v) is 4.80. The van der Waals surface area contributed by atoms with E-state index in [-0.39, 0.29) is 22.6 Å². The van der Waals surface area contributed by atoms with Crippen LogP contribution >= 0.6 is 11.6 Å². The van der Waals surface area contributed by atoms with Gasteiger partial charge in [-0.3, -0.25) is 0 Å². The topological polar surface area (TPSA) is 20.2 Å². The van der Waals surface area contributed by atoms with E-state index in [1.165, 1.54) is 42.5 Å². The van der Waals surface area contributed by atoms with Crippen LogP contribution < -0.4 is 0 Å². The minimum atomic E-state index is -2.61. The van der Waals surface area contributed by atoms with Crippen molar-refractivity contribution in [3.8, 4) is 0 Å². The van der Waals surface area contributed by atoms with Crippen molar-refractivity contribution in [2.45, 2.75) is 19.0 Å². The predicted molar refractivity (Wildman–Crippen MR) is 71.5 cm³/mol. The third-order valence-corrected chi connectivity index (χ3v) is 3.36. The zero-order valence-corrected chi connectivity index (χ0v) is 11.1. The highest BCUT2D eigenvalue weighted by atomic mass is 35.5. The van der Waals surface area contributed by atoms with Gasteiger partial charge in [0.25, 0.3) is 6.43 Å². The van der Waals surface area contributed by atoms with Gasteiger partial charge in [0.05, 0.1) is 6.10 Å². The molecular weight excluding hydrogens is 289 g/mol. The van der Waals surface area contributed by atoms with Gasteiger partial charge < -0.3 is 5.11 Å². The Kier molecular flexibility index (Phi) is 4.68. The second-order valence-electron chi connectivity index (χ2n) is 4.39. The smallest absolute Gasteiger partial charge is 0.263 e. The van der Waals surface area contributed by atoms with Crippen molar-refractivity contribution in [3.63, 3.8) is 0 Å². The highest BCUT2D eigenvalue weighted by molar-refractivity contribution is 6.31. The fraction of sp³-hybridized carbons (Fsp3) is 0.200. The summed E-state index contributed by atoms with van der Waals surface area (Å²) in [7, 11) is 0. The Morgan fingerprint density at radius 3 is 2.35 bits per heavy atom. The van der Waals surface area contributed by atoms with E-state index in [0.717, 1.165) is 0 Å². The number of hydrogen-bond acceptors (Lipinski definition) is 1. The summed E-state index contributed by atoms with van der Waals surface area (Å²) in [6, 6.07) is 9.66. The molecule has 2 rings (SSSR count). The minimum Gasteiger partial charge on any atom is -0.388 e. The molecule has 0 saturated heterocycles. The van der Waals surface area contributed by atoms with Crippen molar-refractivity contribution in [1.29, 1.82) is 0 Å². The number of alkyl halides is 2. The summed E-state index contributed by atoms with van der Waals surface area (Å²) >= 11 is 5.87. The van der Waals surface area contributed by atoms with Crippen LogP contribution in [0, 0.1) is 5.82 Å². The molecule has 0 fully saturated rings. The summed E-state index contributed by atoms with van der Waals surface area (Å²) in [4.78, 5) is 0. The zero-order valence-electron chi connectivity index (χ0n) is 10.4. The highest BCUT2D eigenvalue weighted by Crippen LogP contribution is 2.28. The summed E-state index contributed by atoms with van der Waals surface area (Å²) in [5.74, 6) is -0.526. The van der Waals surface area contributed by atoms with Gasteiger partial charge >= 0.3 is 0 Å². The number of rotatable bonds is 4. The Hall–Kier alpha value is -1.52. The maximum atomic E-state index is 13.6. The molecule has 0 saturated carbocycles. The summed E-state index contributed by atoms with van der Waals surface area (Å²) in [5.41, 5.74) is 0.299. The molecule has 1 N–H and O–H groups in total.